The summed E-state index contributed by atoms with van der Waals surface area (Å²) in [6.07, 6.45) is 8.86. The van der Waals surface area contributed by atoms with E-state index in [2.05, 4.69) is 20.6 Å². The summed E-state index contributed by atoms with van der Waals surface area (Å²) in [7, 11) is 2.04. The summed E-state index contributed by atoms with van der Waals surface area (Å²) in [5.74, 6) is -0.657. The number of hydrogen-bond acceptors (Lipinski definition) is 6. The topological polar surface area (TPSA) is 117 Å². The van der Waals surface area contributed by atoms with Gasteiger partial charge in [-0.25, -0.2) is 0 Å². The van der Waals surface area contributed by atoms with E-state index in [9.17, 15) is 19.2 Å². The van der Waals surface area contributed by atoms with Crippen LogP contribution in [0.5, 0.6) is 0 Å². The number of nitrogens with zero attached hydrogens (tertiary/aromatic N) is 4. The number of aromatic nitrogens is 2. The van der Waals surface area contributed by atoms with E-state index in [0.717, 1.165) is 44.3 Å². The molecular formula is C33H48N6O4. The maximum atomic E-state index is 13.7. The Balaban J connectivity index is 1.44. The van der Waals surface area contributed by atoms with Crippen LogP contribution in [0.1, 0.15) is 81.3 Å². The fourth-order valence-corrected chi connectivity index (χ4v) is 6.25. The van der Waals surface area contributed by atoms with E-state index in [1.165, 1.54) is 12.8 Å². The van der Waals surface area contributed by atoms with Crippen molar-refractivity contribution in [3.8, 4) is 0 Å². The molecule has 2 fully saturated rings. The number of nitrogens with one attached hydrogen (secondary N) is 2. The Hall–Kier alpha value is -3.53. The van der Waals surface area contributed by atoms with Crippen LogP contribution >= 0.6 is 0 Å². The molecule has 1 aromatic carbocycles. The summed E-state index contributed by atoms with van der Waals surface area (Å²) in [5.41, 5.74) is 2.09. The van der Waals surface area contributed by atoms with E-state index in [1.807, 2.05) is 43.1 Å². The largest absolute Gasteiger partial charge is 0.344 e. The van der Waals surface area contributed by atoms with Gasteiger partial charge in [-0.05, 0) is 56.5 Å². The summed E-state index contributed by atoms with van der Waals surface area (Å²) in [6.45, 7) is 7.23. The normalized spacial score (nSPS) is 18.0. The fraction of sp³-hybridized carbons (Fsp3) is 0.606. The molecule has 4 rings (SSSR count). The molecule has 2 N–H and O–H groups in total. The van der Waals surface area contributed by atoms with Crippen molar-refractivity contribution in [3.63, 3.8) is 0 Å². The molecule has 1 saturated heterocycles. The van der Waals surface area contributed by atoms with E-state index >= 15 is 0 Å². The van der Waals surface area contributed by atoms with Crippen LogP contribution in [0.25, 0.3) is 0 Å². The number of Topliss-reactive ketones (excluding diaryl/α,β-unsaturated/α-hetero) is 1. The van der Waals surface area contributed by atoms with Crippen molar-refractivity contribution in [2.24, 2.45) is 11.8 Å². The summed E-state index contributed by atoms with van der Waals surface area (Å²) in [5, 5.41) is 10.2. The van der Waals surface area contributed by atoms with Crippen LogP contribution in [0, 0.1) is 11.8 Å². The SMILES string of the molecule is CCC(=O)N[C@H](Cc1ccc(NC(=O)[C@@H](CC(=O)c2ccnn2CC)C2CCCCCC2)cc1)C(=O)N1CCN(C)CC1. The number of anilines is 1. The first kappa shape index (κ1) is 32.4. The van der Waals surface area contributed by atoms with Crippen molar-refractivity contribution in [2.75, 3.05) is 38.5 Å². The van der Waals surface area contributed by atoms with E-state index in [4.69, 9.17) is 0 Å². The van der Waals surface area contributed by atoms with Crippen LogP contribution < -0.4 is 10.6 Å². The highest BCUT2D eigenvalue weighted by Crippen LogP contribution is 2.33. The monoisotopic (exact) mass is 592 g/mol. The summed E-state index contributed by atoms with van der Waals surface area (Å²) >= 11 is 0. The van der Waals surface area contributed by atoms with Gasteiger partial charge in [-0.2, -0.15) is 5.10 Å². The van der Waals surface area contributed by atoms with E-state index in [0.29, 0.717) is 43.9 Å². The van der Waals surface area contributed by atoms with Gasteiger partial charge in [0.1, 0.15) is 11.7 Å². The Morgan fingerprint density at radius 1 is 0.930 bits per heavy atom. The van der Waals surface area contributed by atoms with E-state index in [-0.39, 0.29) is 35.8 Å². The van der Waals surface area contributed by atoms with Gasteiger partial charge in [0.2, 0.25) is 17.7 Å². The molecule has 10 heteroatoms. The van der Waals surface area contributed by atoms with Crippen LogP contribution in [0.15, 0.2) is 36.5 Å². The Bertz CT molecular complexity index is 1230. The molecular weight excluding hydrogens is 544 g/mol. The molecule has 0 radical (unpaired) electrons. The van der Waals surface area contributed by atoms with Gasteiger partial charge in [-0.3, -0.25) is 23.9 Å². The highest BCUT2D eigenvalue weighted by Gasteiger charge is 2.32. The van der Waals surface area contributed by atoms with Crippen LogP contribution in [0.4, 0.5) is 5.69 Å². The molecule has 43 heavy (non-hydrogen) atoms. The van der Waals surface area contributed by atoms with Crippen molar-refractivity contribution in [1.82, 2.24) is 24.9 Å². The molecule has 2 aliphatic rings. The molecule has 1 saturated carbocycles. The molecule has 0 unspecified atom stereocenters. The van der Waals surface area contributed by atoms with E-state index < -0.39 is 12.0 Å². The maximum Gasteiger partial charge on any atom is 0.245 e. The Morgan fingerprint density at radius 3 is 2.23 bits per heavy atom. The number of hydrogen-bond donors (Lipinski definition) is 2. The lowest BCUT2D eigenvalue weighted by Gasteiger charge is -2.34. The van der Waals surface area contributed by atoms with Gasteiger partial charge in [0, 0.05) is 69.8 Å². The minimum Gasteiger partial charge on any atom is -0.344 e. The highest BCUT2D eigenvalue weighted by atomic mass is 16.2. The number of benzene rings is 1. The van der Waals surface area contributed by atoms with Crippen molar-refractivity contribution in [2.45, 2.75) is 84.2 Å². The quantitative estimate of drug-likeness (QED) is 0.285. The van der Waals surface area contributed by atoms with E-state index in [1.54, 1.807) is 23.9 Å². The lowest BCUT2D eigenvalue weighted by Crippen LogP contribution is -2.54. The molecule has 0 spiro atoms. The van der Waals surface area contributed by atoms with Gasteiger partial charge >= 0.3 is 0 Å². The second-order valence-corrected chi connectivity index (χ2v) is 12.0. The summed E-state index contributed by atoms with van der Waals surface area (Å²) in [4.78, 5) is 56.6. The number of likely N-dealkylation sites (N-methyl/N-ethyl adjacent to an activating group) is 1. The summed E-state index contributed by atoms with van der Waals surface area (Å²) < 4.78 is 1.69. The predicted octanol–water partition coefficient (Wildman–Crippen LogP) is 3.91. The molecule has 2 atom stereocenters. The molecule has 1 aliphatic carbocycles. The van der Waals surface area contributed by atoms with Gasteiger partial charge < -0.3 is 20.4 Å². The third kappa shape index (κ3) is 8.98. The smallest absolute Gasteiger partial charge is 0.245 e. The standard InChI is InChI=1S/C33H48N6O4/c1-4-31(41)36-28(33(43)38-20-18-37(3)19-21-38)22-24-12-14-26(15-13-24)35-32(42)27(25-10-8-6-7-9-11-25)23-30(40)29-16-17-34-39(29)5-2/h12-17,25,27-28H,4-11,18-23H2,1-3H3,(H,35,42)(H,36,41)/t27-,28+/m0/s1. The highest BCUT2D eigenvalue weighted by molar-refractivity contribution is 6.00. The fourth-order valence-electron chi connectivity index (χ4n) is 6.25. The van der Waals surface area contributed by atoms with Gasteiger partial charge in [-0.1, -0.05) is 44.7 Å². The van der Waals surface area contributed by atoms with Gasteiger partial charge in [0.05, 0.1) is 0 Å². The second kappa shape index (κ2) is 15.8. The van der Waals surface area contributed by atoms with Crippen molar-refractivity contribution in [1.29, 1.82) is 0 Å². The van der Waals surface area contributed by atoms with Crippen LogP contribution in [-0.2, 0) is 27.3 Å². The molecule has 1 aromatic heterocycles. The first-order valence-electron chi connectivity index (χ1n) is 16.0. The summed E-state index contributed by atoms with van der Waals surface area (Å²) in [6, 6.07) is 8.55. The number of carbonyl (C=O) groups excluding carboxylic acids is 4. The zero-order chi connectivity index (χ0) is 30.8. The average molecular weight is 593 g/mol. The lowest BCUT2D eigenvalue weighted by molar-refractivity contribution is -0.137. The maximum absolute atomic E-state index is 13.7. The molecule has 234 valence electrons. The number of rotatable bonds is 12. The van der Waals surface area contributed by atoms with Crippen molar-refractivity contribution >= 4 is 29.2 Å². The molecule has 2 heterocycles. The van der Waals surface area contributed by atoms with Gasteiger partial charge in [0.25, 0.3) is 0 Å². The molecule has 0 bridgehead atoms. The first-order chi connectivity index (χ1) is 20.8. The molecule has 2 aromatic rings. The average Bonchev–Trinajstić information content (AvgIpc) is 3.34. The first-order valence-corrected chi connectivity index (χ1v) is 16.0. The van der Waals surface area contributed by atoms with Crippen molar-refractivity contribution < 1.29 is 19.2 Å². The Labute approximate surface area is 255 Å². The van der Waals surface area contributed by atoms with Crippen molar-refractivity contribution in [3.05, 3.63) is 47.8 Å². The third-order valence-corrected chi connectivity index (χ3v) is 8.94. The van der Waals surface area contributed by atoms with Crippen LogP contribution in [0.2, 0.25) is 0 Å². The lowest BCUT2D eigenvalue weighted by atomic mass is 9.81. The number of amides is 3. The Morgan fingerprint density at radius 2 is 1.60 bits per heavy atom. The molecule has 3 amide bonds. The molecule has 10 nitrogen and oxygen atoms in total. The zero-order valence-electron chi connectivity index (χ0n) is 26.0. The third-order valence-electron chi connectivity index (χ3n) is 8.94. The number of aryl methyl sites for hydroxylation is 1. The minimum absolute atomic E-state index is 0.0516. The van der Waals surface area contributed by atoms with Gasteiger partial charge in [0.15, 0.2) is 5.78 Å². The van der Waals surface area contributed by atoms with Crippen LogP contribution in [0.3, 0.4) is 0 Å². The number of ketones is 1. The van der Waals surface area contributed by atoms with Gasteiger partial charge in [-0.15, -0.1) is 0 Å². The number of piperazine rings is 1. The number of carbonyl (C=O) groups is 4. The zero-order valence-corrected chi connectivity index (χ0v) is 26.0. The molecule has 1 aliphatic heterocycles. The van der Waals surface area contributed by atoms with Crippen LogP contribution in [-0.4, -0.2) is 82.4 Å². The second-order valence-electron chi connectivity index (χ2n) is 12.0. The minimum atomic E-state index is -0.640. The Kier molecular flexibility index (Phi) is 11.9. The predicted molar refractivity (Wildman–Crippen MR) is 167 cm³/mol.